The summed E-state index contributed by atoms with van der Waals surface area (Å²) in [6.07, 6.45) is 1.57. The van der Waals surface area contributed by atoms with Gasteiger partial charge in [-0.3, -0.25) is 0 Å². The molecule has 23 heavy (non-hydrogen) atoms. The SMILES string of the molecule is CC1CCCN1C(=O)Oc1cc(Cl)nc(-c2ccc(F)cc2)c1. The van der Waals surface area contributed by atoms with E-state index in [1.165, 1.54) is 18.2 Å². The molecule has 0 bridgehead atoms. The van der Waals surface area contributed by atoms with Crippen LogP contribution in [0.15, 0.2) is 36.4 Å². The van der Waals surface area contributed by atoms with Crippen molar-refractivity contribution >= 4 is 17.7 Å². The second kappa shape index (κ2) is 6.54. The van der Waals surface area contributed by atoms with Crippen LogP contribution in [0.3, 0.4) is 0 Å². The fourth-order valence-corrected chi connectivity index (χ4v) is 2.86. The molecule has 120 valence electrons. The third-order valence-corrected chi connectivity index (χ3v) is 4.09. The Kier molecular flexibility index (Phi) is 4.48. The summed E-state index contributed by atoms with van der Waals surface area (Å²) in [5.74, 6) is -0.00104. The normalized spacial score (nSPS) is 17.3. The minimum atomic E-state index is -0.387. The number of halogens is 2. The van der Waals surface area contributed by atoms with Gasteiger partial charge in [0.15, 0.2) is 0 Å². The van der Waals surface area contributed by atoms with Crippen molar-refractivity contribution in [1.82, 2.24) is 9.88 Å². The van der Waals surface area contributed by atoms with Crippen LogP contribution in [0.4, 0.5) is 9.18 Å². The second-order valence-corrected chi connectivity index (χ2v) is 5.96. The third kappa shape index (κ3) is 3.62. The predicted octanol–water partition coefficient (Wildman–Crippen LogP) is 4.52. The van der Waals surface area contributed by atoms with Crippen molar-refractivity contribution in [1.29, 1.82) is 0 Å². The van der Waals surface area contributed by atoms with E-state index in [1.807, 2.05) is 6.92 Å². The van der Waals surface area contributed by atoms with Crippen molar-refractivity contribution in [3.8, 4) is 17.0 Å². The number of carbonyl (C=O) groups is 1. The van der Waals surface area contributed by atoms with Gasteiger partial charge in [-0.1, -0.05) is 11.6 Å². The Morgan fingerprint density at radius 1 is 1.35 bits per heavy atom. The van der Waals surface area contributed by atoms with Gasteiger partial charge in [0, 0.05) is 30.3 Å². The van der Waals surface area contributed by atoms with Crippen LogP contribution in [-0.4, -0.2) is 28.6 Å². The number of ether oxygens (including phenoxy) is 1. The van der Waals surface area contributed by atoms with E-state index in [0.717, 1.165) is 12.8 Å². The molecule has 1 aliphatic heterocycles. The van der Waals surface area contributed by atoms with Crippen LogP contribution >= 0.6 is 11.6 Å². The van der Waals surface area contributed by atoms with Gasteiger partial charge in [0.05, 0.1) is 5.69 Å². The zero-order valence-corrected chi connectivity index (χ0v) is 13.4. The number of nitrogens with zero attached hydrogens (tertiary/aromatic N) is 2. The highest BCUT2D eigenvalue weighted by molar-refractivity contribution is 6.29. The second-order valence-electron chi connectivity index (χ2n) is 5.57. The molecule has 1 unspecified atom stereocenters. The third-order valence-electron chi connectivity index (χ3n) is 3.90. The molecule has 2 aromatic rings. The van der Waals surface area contributed by atoms with Crippen molar-refractivity contribution < 1.29 is 13.9 Å². The van der Waals surface area contributed by atoms with Gasteiger partial charge in [-0.05, 0) is 44.0 Å². The van der Waals surface area contributed by atoms with Crippen molar-refractivity contribution in [2.45, 2.75) is 25.8 Å². The van der Waals surface area contributed by atoms with E-state index >= 15 is 0 Å². The highest BCUT2D eigenvalue weighted by Gasteiger charge is 2.26. The summed E-state index contributed by atoms with van der Waals surface area (Å²) in [7, 11) is 0. The quantitative estimate of drug-likeness (QED) is 0.758. The lowest BCUT2D eigenvalue weighted by atomic mass is 10.1. The molecule has 1 saturated heterocycles. The van der Waals surface area contributed by atoms with Crippen LogP contribution in [0, 0.1) is 5.82 Å². The van der Waals surface area contributed by atoms with Gasteiger partial charge < -0.3 is 9.64 Å². The Hall–Kier alpha value is -2.14. The van der Waals surface area contributed by atoms with Gasteiger partial charge in [0.1, 0.15) is 16.7 Å². The van der Waals surface area contributed by atoms with Crippen LogP contribution in [0.25, 0.3) is 11.3 Å². The largest absolute Gasteiger partial charge is 0.415 e. The average molecular weight is 335 g/mol. The average Bonchev–Trinajstić information content (AvgIpc) is 2.93. The number of benzene rings is 1. The number of aromatic nitrogens is 1. The minimum absolute atomic E-state index is 0.177. The highest BCUT2D eigenvalue weighted by atomic mass is 35.5. The number of amides is 1. The topological polar surface area (TPSA) is 42.4 Å². The van der Waals surface area contributed by atoms with Crippen LogP contribution in [0.5, 0.6) is 5.75 Å². The molecule has 0 N–H and O–H groups in total. The summed E-state index contributed by atoms with van der Waals surface area (Å²) in [5.41, 5.74) is 1.22. The van der Waals surface area contributed by atoms with Crippen molar-refractivity contribution in [3.63, 3.8) is 0 Å². The van der Waals surface area contributed by atoms with Crippen LogP contribution in [0.2, 0.25) is 5.15 Å². The van der Waals surface area contributed by atoms with Gasteiger partial charge >= 0.3 is 6.09 Å². The zero-order chi connectivity index (χ0) is 16.4. The number of carbonyl (C=O) groups excluding carboxylic acids is 1. The molecule has 1 aromatic carbocycles. The molecule has 3 rings (SSSR count). The summed E-state index contributed by atoms with van der Waals surface area (Å²) >= 11 is 6.01. The number of hydrogen-bond donors (Lipinski definition) is 0. The van der Waals surface area contributed by atoms with E-state index in [-0.39, 0.29) is 23.1 Å². The van der Waals surface area contributed by atoms with E-state index in [4.69, 9.17) is 16.3 Å². The molecule has 1 amide bonds. The molecule has 1 aromatic heterocycles. The van der Waals surface area contributed by atoms with E-state index in [1.54, 1.807) is 23.1 Å². The smallest absolute Gasteiger partial charge is 0.410 e. The standard InChI is InChI=1S/C17H16ClFN2O2/c1-11-3-2-8-21(11)17(22)23-14-9-15(20-16(18)10-14)12-4-6-13(19)7-5-12/h4-7,9-11H,2-3,8H2,1H3. The Morgan fingerprint density at radius 2 is 2.09 bits per heavy atom. The molecule has 4 nitrogen and oxygen atoms in total. The Bertz CT molecular complexity index is 721. The molecular formula is C17H16ClFN2O2. The van der Waals surface area contributed by atoms with E-state index < -0.39 is 0 Å². The lowest BCUT2D eigenvalue weighted by Gasteiger charge is -2.20. The molecule has 1 fully saturated rings. The predicted molar refractivity (Wildman–Crippen MR) is 86.1 cm³/mol. The van der Waals surface area contributed by atoms with E-state index in [0.29, 0.717) is 23.6 Å². The first kappa shape index (κ1) is 15.7. The fourth-order valence-electron chi connectivity index (χ4n) is 2.66. The van der Waals surface area contributed by atoms with E-state index in [2.05, 4.69) is 4.98 Å². The molecule has 0 aliphatic carbocycles. The molecule has 0 saturated carbocycles. The summed E-state index contributed by atoms with van der Waals surface area (Å²) < 4.78 is 18.4. The molecule has 1 aliphatic rings. The van der Waals surface area contributed by atoms with Gasteiger partial charge in [-0.2, -0.15) is 0 Å². The number of rotatable bonds is 2. The number of likely N-dealkylation sites (tertiary alicyclic amines) is 1. The first-order chi connectivity index (χ1) is 11.0. The van der Waals surface area contributed by atoms with Crippen LogP contribution < -0.4 is 4.74 Å². The molecule has 6 heteroatoms. The number of pyridine rings is 1. The summed E-state index contributed by atoms with van der Waals surface area (Å²) in [4.78, 5) is 18.1. The lowest BCUT2D eigenvalue weighted by Crippen LogP contribution is -2.35. The lowest BCUT2D eigenvalue weighted by molar-refractivity contribution is 0.150. The van der Waals surface area contributed by atoms with Crippen molar-refractivity contribution in [2.75, 3.05) is 6.54 Å². The van der Waals surface area contributed by atoms with E-state index in [9.17, 15) is 9.18 Å². The molecule has 1 atom stereocenters. The van der Waals surface area contributed by atoms with Gasteiger partial charge in [-0.15, -0.1) is 0 Å². The van der Waals surface area contributed by atoms with Crippen molar-refractivity contribution in [2.24, 2.45) is 0 Å². The fraction of sp³-hybridized carbons (Fsp3) is 0.294. The maximum absolute atomic E-state index is 13.0. The maximum Gasteiger partial charge on any atom is 0.415 e. The first-order valence-corrected chi connectivity index (χ1v) is 7.83. The Labute approximate surface area is 138 Å². The molecular weight excluding hydrogens is 319 g/mol. The summed E-state index contributed by atoms with van der Waals surface area (Å²) in [6, 6.07) is 9.18. The van der Waals surface area contributed by atoms with Gasteiger partial charge in [-0.25, -0.2) is 14.2 Å². The maximum atomic E-state index is 13.0. The Morgan fingerprint density at radius 3 is 2.74 bits per heavy atom. The zero-order valence-electron chi connectivity index (χ0n) is 12.6. The minimum Gasteiger partial charge on any atom is -0.410 e. The number of hydrogen-bond acceptors (Lipinski definition) is 3. The molecule has 0 radical (unpaired) electrons. The highest BCUT2D eigenvalue weighted by Crippen LogP contribution is 2.27. The summed E-state index contributed by atoms with van der Waals surface area (Å²) in [6.45, 7) is 2.70. The monoisotopic (exact) mass is 334 g/mol. The van der Waals surface area contributed by atoms with Crippen LogP contribution in [0.1, 0.15) is 19.8 Å². The van der Waals surface area contributed by atoms with Gasteiger partial charge in [0.25, 0.3) is 0 Å². The van der Waals surface area contributed by atoms with Crippen molar-refractivity contribution in [3.05, 3.63) is 47.4 Å². The Balaban J connectivity index is 1.83. The van der Waals surface area contributed by atoms with Crippen LogP contribution in [-0.2, 0) is 0 Å². The van der Waals surface area contributed by atoms with Gasteiger partial charge in [0.2, 0.25) is 0 Å². The summed E-state index contributed by atoms with van der Waals surface area (Å²) in [5, 5.41) is 0.212. The first-order valence-electron chi connectivity index (χ1n) is 7.45. The molecule has 0 spiro atoms. The molecule has 2 heterocycles.